The average Bonchev–Trinajstić information content (AvgIpc) is 3.33. The normalized spacial score (nSPS) is 19.3. The zero-order valence-electron chi connectivity index (χ0n) is 14.9. The number of aromatic nitrogens is 2. The van der Waals surface area contributed by atoms with Gasteiger partial charge in [-0.3, -0.25) is 9.89 Å². The lowest BCUT2D eigenvalue weighted by molar-refractivity contribution is -0.132. The van der Waals surface area contributed by atoms with Crippen LogP contribution >= 0.6 is 0 Å². The van der Waals surface area contributed by atoms with Gasteiger partial charge in [0.15, 0.2) is 6.61 Å². The van der Waals surface area contributed by atoms with E-state index in [-0.39, 0.29) is 18.4 Å². The molecule has 1 aromatic carbocycles. The number of aromatic amines is 1. The predicted octanol–water partition coefficient (Wildman–Crippen LogP) is 1.89. The number of carbonyl (C=O) groups excluding carboxylic acids is 1. The SMILES string of the molecule is COc1ccc(OCC(=O)N2CCC(c3n[nH]c4c3COCC4)C2)cc1. The first-order chi connectivity index (χ1) is 12.7. The minimum atomic E-state index is 0.00368. The summed E-state index contributed by atoms with van der Waals surface area (Å²) in [7, 11) is 1.62. The lowest BCUT2D eigenvalue weighted by Gasteiger charge is -2.18. The number of ether oxygens (including phenoxy) is 3. The third-order valence-electron chi connectivity index (χ3n) is 5.08. The number of hydrogen-bond acceptors (Lipinski definition) is 5. The molecule has 7 nitrogen and oxygen atoms in total. The second-order valence-corrected chi connectivity index (χ2v) is 6.66. The van der Waals surface area contributed by atoms with E-state index in [0.29, 0.717) is 18.9 Å². The monoisotopic (exact) mass is 357 g/mol. The summed E-state index contributed by atoms with van der Waals surface area (Å²) in [4.78, 5) is 14.3. The molecule has 0 saturated carbocycles. The van der Waals surface area contributed by atoms with Gasteiger partial charge in [-0.2, -0.15) is 5.10 Å². The fourth-order valence-corrected chi connectivity index (χ4v) is 3.59. The molecule has 1 amide bonds. The molecule has 0 radical (unpaired) electrons. The Kier molecular flexibility index (Phi) is 4.79. The number of fused-ring (bicyclic) bond motifs is 1. The molecule has 1 saturated heterocycles. The van der Waals surface area contributed by atoms with Gasteiger partial charge < -0.3 is 19.1 Å². The zero-order valence-corrected chi connectivity index (χ0v) is 14.9. The molecule has 2 aliphatic rings. The van der Waals surface area contributed by atoms with Gasteiger partial charge >= 0.3 is 0 Å². The maximum absolute atomic E-state index is 12.5. The Hall–Kier alpha value is -2.54. The maximum atomic E-state index is 12.5. The zero-order chi connectivity index (χ0) is 17.9. The highest BCUT2D eigenvalue weighted by molar-refractivity contribution is 5.78. The number of benzene rings is 1. The van der Waals surface area contributed by atoms with Crippen molar-refractivity contribution in [2.24, 2.45) is 0 Å². The minimum absolute atomic E-state index is 0.00368. The van der Waals surface area contributed by atoms with E-state index in [9.17, 15) is 4.79 Å². The number of H-pyrrole nitrogens is 1. The van der Waals surface area contributed by atoms with Crippen molar-refractivity contribution in [1.82, 2.24) is 15.1 Å². The number of likely N-dealkylation sites (tertiary alicyclic amines) is 1. The molecule has 0 bridgehead atoms. The fourth-order valence-electron chi connectivity index (χ4n) is 3.59. The topological polar surface area (TPSA) is 76.7 Å². The van der Waals surface area contributed by atoms with Crippen LogP contribution in [0.25, 0.3) is 0 Å². The van der Waals surface area contributed by atoms with Crippen LogP contribution in [0.2, 0.25) is 0 Å². The summed E-state index contributed by atoms with van der Waals surface area (Å²) in [5.74, 6) is 1.69. The first kappa shape index (κ1) is 16.9. The van der Waals surface area contributed by atoms with E-state index in [1.807, 2.05) is 17.0 Å². The Balaban J connectivity index is 1.33. The Morgan fingerprint density at radius 1 is 1.35 bits per heavy atom. The van der Waals surface area contributed by atoms with Gasteiger partial charge in [0.25, 0.3) is 5.91 Å². The lowest BCUT2D eigenvalue weighted by atomic mass is 9.98. The standard InChI is InChI=1S/C19H23N3O4/c1-24-14-2-4-15(5-3-14)26-12-18(23)22-8-6-13(10-22)19-16-11-25-9-7-17(16)20-21-19/h2-5,13H,6-12H2,1H3,(H,20,21). The van der Waals surface area contributed by atoms with E-state index >= 15 is 0 Å². The van der Waals surface area contributed by atoms with E-state index in [1.165, 1.54) is 11.3 Å². The Morgan fingerprint density at radius 2 is 2.15 bits per heavy atom. The van der Waals surface area contributed by atoms with Gasteiger partial charge in [0.05, 0.1) is 26.0 Å². The minimum Gasteiger partial charge on any atom is -0.497 e. The number of methoxy groups -OCH3 is 1. The van der Waals surface area contributed by atoms with Gasteiger partial charge in [-0.05, 0) is 30.7 Å². The van der Waals surface area contributed by atoms with Crippen LogP contribution in [0.1, 0.15) is 29.3 Å². The molecule has 4 rings (SSSR count). The van der Waals surface area contributed by atoms with Crippen molar-refractivity contribution in [3.05, 3.63) is 41.2 Å². The lowest BCUT2D eigenvalue weighted by Crippen LogP contribution is -2.33. The van der Waals surface area contributed by atoms with E-state index in [1.54, 1.807) is 19.2 Å². The van der Waals surface area contributed by atoms with Crippen molar-refractivity contribution in [2.45, 2.75) is 25.4 Å². The van der Waals surface area contributed by atoms with Crippen LogP contribution in [0.4, 0.5) is 0 Å². The largest absolute Gasteiger partial charge is 0.497 e. The summed E-state index contributed by atoms with van der Waals surface area (Å²) in [6, 6.07) is 7.23. The van der Waals surface area contributed by atoms with E-state index in [0.717, 1.165) is 37.4 Å². The molecule has 0 spiro atoms. The van der Waals surface area contributed by atoms with Crippen LogP contribution in [-0.4, -0.2) is 54.4 Å². The summed E-state index contributed by atoms with van der Waals surface area (Å²) in [6.07, 6.45) is 1.80. The third kappa shape index (κ3) is 3.39. The number of rotatable bonds is 5. The molecule has 1 aromatic heterocycles. The van der Waals surface area contributed by atoms with Crippen LogP contribution in [0.5, 0.6) is 11.5 Å². The molecule has 26 heavy (non-hydrogen) atoms. The van der Waals surface area contributed by atoms with Gasteiger partial charge in [0, 0.05) is 36.7 Å². The number of amides is 1. The quantitative estimate of drug-likeness (QED) is 0.884. The highest BCUT2D eigenvalue weighted by Crippen LogP contribution is 2.31. The first-order valence-corrected chi connectivity index (χ1v) is 8.93. The van der Waals surface area contributed by atoms with E-state index in [4.69, 9.17) is 14.2 Å². The summed E-state index contributed by atoms with van der Waals surface area (Å²) in [5, 5.41) is 7.63. The Bertz CT molecular complexity index is 772. The molecule has 2 aliphatic heterocycles. The molecule has 2 aromatic rings. The Labute approximate surface area is 152 Å². The summed E-state index contributed by atoms with van der Waals surface area (Å²) in [6.45, 7) is 2.82. The molecular weight excluding hydrogens is 334 g/mol. The van der Waals surface area contributed by atoms with Crippen molar-refractivity contribution in [1.29, 1.82) is 0 Å². The van der Waals surface area contributed by atoms with Gasteiger partial charge in [-0.1, -0.05) is 0 Å². The number of nitrogens with one attached hydrogen (secondary N) is 1. The average molecular weight is 357 g/mol. The van der Waals surface area contributed by atoms with Gasteiger partial charge in [-0.15, -0.1) is 0 Å². The van der Waals surface area contributed by atoms with Crippen molar-refractivity contribution >= 4 is 5.91 Å². The van der Waals surface area contributed by atoms with Crippen molar-refractivity contribution in [3.8, 4) is 11.5 Å². The number of hydrogen-bond donors (Lipinski definition) is 1. The van der Waals surface area contributed by atoms with Crippen LogP contribution in [0.3, 0.4) is 0 Å². The first-order valence-electron chi connectivity index (χ1n) is 8.93. The molecule has 0 aliphatic carbocycles. The van der Waals surface area contributed by atoms with E-state index in [2.05, 4.69) is 10.2 Å². The summed E-state index contributed by atoms with van der Waals surface area (Å²) >= 11 is 0. The van der Waals surface area contributed by atoms with Crippen LogP contribution in [-0.2, 0) is 22.6 Å². The van der Waals surface area contributed by atoms with Crippen LogP contribution in [0, 0.1) is 0 Å². The molecule has 3 heterocycles. The van der Waals surface area contributed by atoms with E-state index < -0.39 is 0 Å². The van der Waals surface area contributed by atoms with Gasteiger partial charge in [-0.25, -0.2) is 0 Å². The molecule has 1 atom stereocenters. The van der Waals surface area contributed by atoms with Crippen LogP contribution in [0.15, 0.2) is 24.3 Å². The predicted molar refractivity (Wildman–Crippen MR) is 94.4 cm³/mol. The Morgan fingerprint density at radius 3 is 2.96 bits per heavy atom. The smallest absolute Gasteiger partial charge is 0.260 e. The third-order valence-corrected chi connectivity index (χ3v) is 5.08. The van der Waals surface area contributed by atoms with Crippen molar-refractivity contribution < 1.29 is 19.0 Å². The van der Waals surface area contributed by atoms with Gasteiger partial charge in [0.2, 0.25) is 0 Å². The molecular formula is C19H23N3O4. The number of nitrogens with zero attached hydrogens (tertiary/aromatic N) is 2. The molecule has 1 fully saturated rings. The second-order valence-electron chi connectivity index (χ2n) is 6.66. The van der Waals surface area contributed by atoms with Gasteiger partial charge in [0.1, 0.15) is 11.5 Å². The van der Waals surface area contributed by atoms with Crippen LogP contribution < -0.4 is 9.47 Å². The summed E-state index contributed by atoms with van der Waals surface area (Å²) < 4.78 is 16.3. The number of carbonyl (C=O) groups is 1. The maximum Gasteiger partial charge on any atom is 0.260 e. The molecule has 1 N–H and O–H groups in total. The second kappa shape index (κ2) is 7.37. The van der Waals surface area contributed by atoms with Crippen molar-refractivity contribution in [3.63, 3.8) is 0 Å². The fraction of sp³-hybridized carbons (Fsp3) is 0.474. The van der Waals surface area contributed by atoms with Crippen molar-refractivity contribution in [2.75, 3.05) is 33.4 Å². The highest BCUT2D eigenvalue weighted by Gasteiger charge is 2.32. The molecule has 7 heteroatoms. The highest BCUT2D eigenvalue weighted by atomic mass is 16.5. The summed E-state index contributed by atoms with van der Waals surface area (Å²) in [5.41, 5.74) is 3.43. The molecule has 138 valence electrons. The molecule has 1 unspecified atom stereocenters.